The Morgan fingerprint density at radius 3 is 2.81 bits per heavy atom. The highest BCUT2D eigenvalue weighted by molar-refractivity contribution is 7.22. The number of ether oxygens (including phenoxy) is 1. The SMILES string of the molecule is CCOC(=O)CCCn1c(=O)c2sc(Cl)nc2n(C)c1=O. The first-order valence-electron chi connectivity index (χ1n) is 6.37. The molecule has 0 bridgehead atoms. The van der Waals surface area contributed by atoms with Gasteiger partial charge in [0.2, 0.25) is 0 Å². The predicted octanol–water partition coefficient (Wildman–Crippen LogP) is 1.15. The molecule has 0 aliphatic heterocycles. The maximum Gasteiger partial charge on any atom is 0.332 e. The highest BCUT2D eigenvalue weighted by Crippen LogP contribution is 2.21. The molecule has 0 atom stereocenters. The zero-order chi connectivity index (χ0) is 15.6. The van der Waals surface area contributed by atoms with Gasteiger partial charge in [-0.3, -0.25) is 18.7 Å². The maximum atomic E-state index is 12.3. The second-order valence-corrected chi connectivity index (χ2v) is 5.91. The van der Waals surface area contributed by atoms with Crippen molar-refractivity contribution in [3.63, 3.8) is 0 Å². The van der Waals surface area contributed by atoms with Crippen molar-refractivity contribution in [3.8, 4) is 0 Å². The van der Waals surface area contributed by atoms with Crippen LogP contribution in [0.2, 0.25) is 4.47 Å². The van der Waals surface area contributed by atoms with E-state index in [-0.39, 0.29) is 29.0 Å². The molecule has 0 amide bonds. The Hall–Kier alpha value is -1.67. The number of esters is 1. The lowest BCUT2D eigenvalue weighted by Crippen LogP contribution is -2.38. The molecule has 0 spiro atoms. The quantitative estimate of drug-likeness (QED) is 0.767. The number of carbonyl (C=O) groups is 1. The van der Waals surface area contributed by atoms with E-state index in [0.29, 0.717) is 17.7 Å². The minimum Gasteiger partial charge on any atom is -0.466 e. The third kappa shape index (κ3) is 3.16. The fraction of sp³-hybridized carbons (Fsp3) is 0.500. The molecule has 2 aromatic rings. The number of aromatic nitrogens is 3. The van der Waals surface area contributed by atoms with Crippen molar-refractivity contribution in [2.45, 2.75) is 26.3 Å². The van der Waals surface area contributed by atoms with Gasteiger partial charge >= 0.3 is 11.7 Å². The van der Waals surface area contributed by atoms with E-state index >= 15 is 0 Å². The van der Waals surface area contributed by atoms with Crippen LogP contribution in [-0.4, -0.2) is 26.7 Å². The van der Waals surface area contributed by atoms with Gasteiger partial charge < -0.3 is 4.74 Å². The van der Waals surface area contributed by atoms with E-state index in [1.165, 1.54) is 11.6 Å². The lowest BCUT2D eigenvalue weighted by Gasteiger charge is -2.07. The zero-order valence-corrected chi connectivity index (χ0v) is 13.2. The Bertz CT molecular complexity index is 792. The molecule has 2 heterocycles. The summed E-state index contributed by atoms with van der Waals surface area (Å²) in [5.74, 6) is -0.343. The predicted molar refractivity (Wildman–Crippen MR) is 80.0 cm³/mol. The largest absolute Gasteiger partial charge is 0.466 e. The lowest BCUT2D eigenvalue weighted by atomic mass is 10.3. The monoisotopic (exact) mass is 331 g/mol. The summed E-state index contributed by atoms with van der Waals surface area (Å²) in [7, 11) is 1.53. The molecule has 9 heteroatoms. The van der Waals surface area contributed by atoms with Gasteiger partial charge in [0.1, 0.15) is 4.70 Å². The van der Waals surface area contributed by atoms with Crippen LogP contribution in [0.4, 0.5) is 0 Å². The van der Waals surface area contributed by atoms with Crippen molar-refractivity contribution in [2.75, 3.05) is 6.61 Å². The summed E-state index contributed by atoms with van der Waals surface area (Å²) < 4.78 is 7.72. The summed E-state index contributed by atoms with van der Waals surface area (Å²) in [4.78, 5) is 39.6. The summed E-state index contributed by atoms with van der Waals surface area (Å²) in [6, 6.07) is 0. The first kappa shape index (κ1) is 15.7. The number of aryl methyl sites for hydroxylation is 1. The number of carbonyl (C=O) groups excluding carboxylic acids is 1. The summed E-state index contributed by atoms with van der Waals surface area (Å²) in [6.45, 7) is 2.18. The third-order valence-electron chi connectivity index (χ3n) is 2.93. The number of hydrogen-bond donors (Lipinski definition) is 0. The van der Waals surface area contributed by atoms with Crippen molar-refractivity contribution >= 4 is 39.3 Å². The molecule has 0 unspecified atom stereocenters. The highest BCUT2D eigenvalue weighted by Gasteiger charge is 2.15. The molecular weight excluding hydrogens is 318 g/mol. The Balaban J connectivity index is 2.30. The summed E-state index contributed by atoms with van der Waals surface area (Å²) >= 11 is 6.83. The van der Waals surface area contributed by atoms with Crippen LogP contribution < -0.4 is 11.2 Å². The van der Waals surface area contributed by atoms with Gasteiger partial charge in [-0.1, -0.05) is 22.9 Å². The van der Waals surface area contributed by atoms with Crippen LogP contribution >= 0.6 is 22.9 Å². The molecule has 114 valence electrons. The van der Waals surface area contributed by atoms with E-state index in [0.717, 1.165) is 15.9 Å². The van der Waals surface area contributed by atoms with Crippen LogP contribution in [0.15, 0.2) is 9.59 Å². The van der Waals surface area contributed by atoms with Gasteiger partial charge in [-0.05, 0) is 13.3 Å². The number of thiazole rings is 1. The van der Waals surface area contributed by atoms with E-state index in [1.807, 2.05) is 0 Å². The second-order valence-electron chi connectivity index (χ2n) is 4.33. The molecule has 0 saturated carbocycles. The molecule has 0 saturated heterocycles. The van der Waals surface area contributed by atoms with E-state index < -0.39 is 11.2 Å². The van der Waals surface area contributed by atoms with Gasteiger partial charge in [-0.2, -0.15) is 0 Å². The minimum atomic E-state index is -0.474. The van der Waals surface area contributed by atoms with Gasteiger partial charge in [0.05, 0.1) is 6.61 Å². The standard InChI is InChI=1S/C12H14ClN3O4S/c1-3-20-7(17)5-4-6-16-10(18)8-9(14-11(13)21-8)15(2)12(16)19/h3-6H2,1-2H3. The molecule has 0 radical (unpaired) electrons. The molecule has 0 fully saturated rings. The van der Waals surface area contributed by atoms with Crippen molar-refractivity contribution in [3.05, 3.63) is 25.3 Å². The van der Waals surface area contributed by atoms with Crippen molar-refractivity contribution in [1.82, 2.24) is 14.1 Å². The molecule has 0 aliphatic rings. The minimum absolute atomic E-state index is 0.149. The van der Waals surface area contributed by atoms with Crippen LogP contribution in [0, 0.1) is 0 Å². The van der Waals surface area contributed by atoms with Gasteiger partial charge in [0, 0.05) is 20.0 Å². The number of halogens is 1. The van der Waals surface area contributed by atoms with E-state index in [9.17, 15) is 14.4 Å². The lowest BCUT2D eigenvalue weighted by molar-refractivity contribution is -0.143. The molecule has 7 nitrogen and oxygen atoms in total. The Morgan fingerprint density at radius 1 is 1.43 bits per heavy atom. The Morgan fingerprint density at radius 2 is 2.14 bits per heavy atom. The molecular formula is C12H14ClN3O4S. The molecule has 0 aromatic carbocycles. The molecule has 2 aromatic heterocycles. The van der Waals surface area contributed by atoms with Crippen molar-refractivity contribution in [1.29, 1.82) is 0 Å². The Labute approximate surface area is 128 Å². The summed E-state index contributed by atoms with van der Waals surface area (Å²) in [5, 5.41) is 0. The molecule has 2 rings (SSSR count). The zero-order valence-electron chi connectivity index (χ0n) is 11.6. The number of rotatable bonds is 5. The third-order valence-corrected chi connectivity index (χ3v) is 4.06. The summed E-state index contributed by atoms with van der Waals surface area (Å²) in [6.07, 6.45) is 0.511. The van der Waals surface area contributed by atoms with Crippen molar-refractivity contribution in [2.24, 2.45) is 7.05 Å². The van der Waals surface area contributed by atoms with Gasteiger partial charge in [0.15, 0.2) is 10.1 Å². The number of fused-ring (bicyclic) bond motifs is 1. The number of hydrogen-bond acceptors (Lipinski definition) is 6. The maximum absolute atomic E-state index is 12.3. The Kier molecular flexibility index (Phi) is 4.79. The fourth-order valence-electron chi connectivity index (χ4n) is 1.95. The van der Waals surface area contributed by atoms with Crippen LogP contribution in [0.3, 0.4) is 0 Å². The topological polar surface area (TPSA) is 83.2 Å². The average molecular weight is 332 g/mol. The van der Waals surface area contributed by atoms with Gasteiger partial charge in [-0.25, -0.2) is 9.78 Å². The van der Waals surface area contributed by atoms with Crippen LogP contribution in [0.25, 0.3) is 10.3 Å². The smallest absolute Gasteiger partial charge is 0.332 e. The van der Waals surface area contributed by atoms with E-state index in [4.69, 9.17) is 16.3 Å². The number of nitrogens with zero attached hydrogens (tertiary/aromatic N) is 3. The first-order valence-corrected chi connectivity index (χ1v) is 7.56. The molecule has 21 heavy (non-hydrogen) atoms. The van der Waals surface area contributed by atoms with Crippen LogP contribution in [0.5, 0.6) is 0 Å². The van der Waals surface area contributed by atoms with Crippen LogP contribution in [0.1, 0.15) is 19.8 Å². The normalized spacial score (nSPS) is 11.0. The van der Waals surface area contributed by atoms with Crippen molar-refractivity contribution < 1.29 is 9.53 Å². The summed E-state index contributed by atoms with van der Waals surface area (Å²) in [5.41, 5.74) is -0.624. The highest BCUT2D eigenvalue weighted by atomic mass is 35.5. The molecule has 0 N–H and O–H groups in total. The first-order chi connectivity index (χ1) is 9.95. The van der Waals surface area contributed by atoms with E-state index in [1.54, 1.807) is 6.92 Å². The molecule has 0 aliphatic carbocycles. The average Bonchev–Trinajstić information content (AvgIpc) is 2.83. The van der Waals surface area contributed by atoms with Crippen LogP contribution in [-0.2, 0) is 23.1 Å². The van der Waals surface area contributed by atoms with Gasteiger partial charge in [0.25, 0.3) is 5.56 Å². The van der Waals surface area contributed by atoms with Gasteiger partial charge in [-0.15, -0.1) is 0 Å². The fourth-order valence-corrected chi connectivity index (χ4v) is 3.03. The second kappa shape index (κ2) is 6.40. The van der Waals surface area contributed by atoms with E-state index in [2.05, 4.69) is 4.98 Å².